The quantitative estimate of drug-likeness (QED) is 0.356. The first-order chi connectivity index (χ1) is 13.7. The highest BCUT2D eigenvalue weighted by molar-refractivity contribution is 14.0. The molecule has 1 saturated heterocycles. The van der Waals surface area contributed by atoms with E-state index in [9.17, 15) is 8.78 Å². The van der Waals surface area contributed by atoms with Crippen LogP contribution in [-0.2, 0) is 13.1 Å². The number of guanidine groups is 1. The van der Waals surface area contributed by atoms with Gasteiger partial charge in [-0.1, -0.05) is 18.9 Å². The van der Waals surface area contributed by atoms with E-state index in [2.05, 4.69) is 37.6 Å². The van der Waals surface area contributed by atoms with Gasteiger partial charge in [0.05, 0.1) is 0 Å². The molecule has 0 saturated carbocycles. The lowest BCUT2D eigenvalue weighted by atomic mass is 10.2. The number of hydrogen-bond acceptors (Lipinski definition) is 3. The van der Waals surface area contributed by atoms with Gasteiger partial charge < -0.3 is 15.5 Å². The highest BCUT2D eigenvalue weighted by Crippen LogP contribution is 2.17. The first kappa shape index (κ1) is 23.3. The smallest absolute Gasteiger partial charge is 0.191 e. The van der Waals surface area contributed by atoms with E-state index in [0.717, 1.165) is 36.6 Å². The number of benzene rings is 1. The summed E-state index contributed by atoms with van der Waals surface area (Å²) in [5, 5.41) is 6.17. The predicted octanol–water partition coefficient (Wildman–Crippen LogP) is 4.22. The molecule has 2 aromatic rings. The lowest BCUT2D eigenvalue weighted by Crippen LogP contribution is -2.36. The molecule has 0 atom stereocenters. The fraction of sp³-hybridized carbons (Fsp3) is 0.429. The van der Waals surface area contributed by atoms with Crippen LogP contribution in [0.5, 0.6) is 0 Å². The maximum Gasteiger partial charge on any atom is 0.191 e. The molecule has 0 amide bonds. The number of aromatic nitrogens is 1. The van der Waals surface area contributed by atoms with Gasteiger partial charge in [0.25, 0.3) is 0 Å². The Morgan fingerprint density at radius 3 is 2.41 bits per heavy atom. The third-order valence-electron chi connectivity index (χ3n) is 4.88. The molecule has 0 unspecified atom stereocenters. The molecule has 0 bridgehead atoms. The third-order valence-corrected chi connectivity index (χ3v) is 4.88. The van der Waals surface area contributed by atoms with Crippen LogP contribution in [0, 0.1) is 11.6 Å². The van der Waals surface area contributed by atoms with E-state index in [1.165, 1.54) is 31.7 Å². The Hall–Kier alpha value is -1.97. The molecule has 1 aromatic heterocycles. The van der Waals surface area contributed by atoms with E-state index in [1.54, 1.807) is 7.05 Å². The van der Waals surface area contributed by atoms with Gasteiger partial charge in [-0.2, -0.15) is 0 Å². The van der Waals surface area contributed by atoms with Crippen molar-refractivity contribution in [1.82, 2.24) is 15.6 Å². The summed E-state index contributed by atoms with van der Waals surface area (Å²) in [5.74, 6) is 0.629. The molecular weight excluding hydrogens is 487 g/mol. The molecule has 2 heterocycles. The molecule has 1 aliphatic heterocycles. The minimum Gasteiger partial charge on any atom is -0.357 e. The van der Waals surface area contributed by atoms with Crippen molar-refractivity contribution in [2.75, 3.05) is 25.0 Å². The Balaban J connectivity index is 0.00000300. The molecule has 0 aliphatic carbocycles. The zero-order valence-corrected chi connectivity index (χ0v) is 19.0. The summed E-state index contributed by atoms with van der Waals surface area (Å²) in [6, 6.07) is 7.52. The third kappa shape index (κ3) is 7.09. The summed E-state index contributed by atoms with van der Waals surface area (Å²) in [5.41, 5.74) is 1.28. The number of nitrogens with one attached hydrogen (secondary N) is 2. The molecular formula is C21H28F2IN5. The minimum atomic E-state index is -0.461. The van der Waals surface area contributed by atoms with Crippen molar-refractivity contribution in [2.24, 2.45) is 4.99 Å². The number of aliphatic imine (C=N–C) groups is 1. The van der Waals surface area contributed by atoms with Crippen LogP contribution in [0.15, 0.2) is 41.5 Å². The van der Waals surface area contributed by atoms with Crippen molar-refractivity contribution in [3.05, 3.63) is 59.3 Å². The Morgan fingerprint density at radius 1 is 1.03 bits per heavy atom. The van der Waals surface area contributed by atoms with Crippen molar-refractivity contribution in [2.45, 2.75) is 38.8 Å². The fourth-order valence-corrected chi connectivity index (χ4v) is 3.27. The summed E-state index contributed by atoms with van der Waals surface area (Å²) in [6.45, 7) is 2.82. The average molecular weight is 515 g/mol. The van der Waals surface area contributed by atoms with Gasteiger partial charge in [-0.3, -0.25) is 4.99 Å². The maximum absolute atomic E-state index is 13.7. The zero-order chi connectivity index (χ0) is 19.8. The second kappa shape index (κ2) is 11.9. The zero-order valence-electron chi connectivity index (χ0n) is 16.6. The largest absolute Gasteiger partial charge is 0.357 e. The van der Waals surface area contributed by atoms with E-state index in [0.29, 0.717) is 12.5 Å². The molecule has 1 aromatic carbocycles. The van der Waals surface area contributed by atoms with Crippen molar-refractivity contribution in [1.29, 1.82) is 0 Å². The lowest BCUT2D eigenvalue weighted by molar-refractivity contribution is 0.581. The van der Waals surface area contributed by atoms with E-state index in [-0.39, 0.29) is 36.1 Å². The SMILES string of the molecule is CN=C(NCc1ccc(N2CCCCCC2)nc1)NCc1cc(F)ccc1F.I. The molecule has 1 aliphatic rings. The minimum absolute atomic E-state index is 0. The van der Waals surface area contributed by atoms with E-state index < -0.39 is 11.6 Å². The normalized spacial score (nSPS) is 14.7. The van der Waals surface area contributed by atoms with E-state index in [1.807, 2.05) is 6.20 Å². The van der Waals surface area contributed by atoms with Crippen molar-refractivity contribution in [3.8, 4) is 0 Å². The summed E-state index contributed by atoms with van der Waals surface area (Å²) < 4.78 is 27.0. The molecule has 2 N–H and O–H groups in total. The topological polar surface area (TPSA) is 52.6 Å². The molecule has 158 valence electrons. The summed E-state index contributed by atoms with van der Waals surface area (Å²) >= 11 is 0. The number of anilines is 1. The van der Waals surface area contributed by atoms with Gasteiger partial charge in [0.15, 0.2) is 5.96 Å². The average Bonchev–Trinajstić information content (AvgIpc) is 3.00. The Labute approximate surface area is 188 Å². The molecule has 8 heteroatoms. The Morgan fingerprint density at radius 2 is 1.76 bits per heavy atom. The standard InChI is InChI=1S/C21H27F2N5.HI/c1-24-21(27-15-17-12-18(22)7-8-19(17)23)26-14-16-6-9-20(25-13-16)28-10-4-2-3-5-11-28;/h6-9,12-13H,2-5,10-11,14-15H2,1H3,(H2,24,26,27);1H. The van der Waals surface area contributed by atoms with Gasteiger partial charge >= 0.3 is 0 Å². The van der Waals surface area contributed by atoms with Crippen LogP contribution in [0.25, 0.3) is 0 Å². The first-order valence-electron chi connectivity index (χ1n) is 9.74. The summed E-state index contributed by atoms with van der Waals surface area (Å²) in [7, 11) is 1.64. The number of hydrogen-bond donors (Lipinski definition) is 2. The van der Waals surface area contributed by atoms with Gasteiger partial charge in [0.2, 0.25) is 0 Å². The van der Waals surface area contributed by atoms with Crippen LogP contribution in [0.1, 0.15) is 36.8 Å². The second-order valence-electron chi connectivity index (χ2n) is 6.94. The molecule has 3 rings (SSSR count). The molecule has 0 spiro atoms. The number of pyridine rings is 1. The van der Waals surface area contributed by atoms with Crippen molar-refractivity contribution < 1.29 is 8.78 Å². The Kier molecular flexibility index (Phi) is 9.56. The van der Waals surface area contributed by atoms with Crippen molar-refractivity contribution >= 4 is 35.8 Å². The number of nitrogens with zero attached hydrogens (tertiary/aromatic N) is 3. The fourth-order valence-electron chi connectivity index (χ4n) is 3.27. The predicted molar refractivity (Wildman–Crippen MR) is 124 cm³/mol. The van der Waals surface area contributed by atoms with Gasteiger partial charge in [-0.05, 0) is 42.7 Å². The lowest BCUT2D eigenvalue weighted by Gasteiger charge is -2.21. The highest BCUT2D eigenvalue weighted by Gasteiger charge is 2.11. The van der Waals surface area contributed by atoms with Gasteiger partial charge in [-0.25, -0.2) is 13.8 Å². The van der Waals surface area contributed by atoms with E-state index in [4.69, 9.17) is 0 Å². The van der Waals surface area contributed by atoms with Crippen LogP contribution < -0.4 is 15.5 Å². The van der Waals surface area contributed by atoms with Crippen LogP contribution in [-0.4, -0.2) is 31.1 Å². The van der Waals surface area contributed by atoms with Gasteiger partial charge in [0, 0.05) is 45.0 Å². The van der Waals surface area contributed by atoms with Crippen LogP contribution in [0.3, 0.4) is 0 Å². The monoisotopic (exact) mass is 515 g/mol. The molecule has 29 heavy (non-hydrogen) atoms. The summed E-state index contributed by atoms with van der Waals surface area (Å²) in [6.07, 6.45) is 6.90. The number of rotatable bonds is 5. The van der Waals surface area contributed by atoms with Crippen molar-refractivity contribution in [3.63, 3.8) is 0 Å². The van der Waals surface area contributed by atoms with Crippen LogP contribution in [0.2, 0.25) is 0 Å². The van der Waals surface area contributed by atoms with Gasteiger partial charge in [0.1, 0.15) is 17.5 Å². The van der Waals surface area contributed by atoms with Crippen LogP contribution >= 0.6 is 24.0 Å². The highest BCUT2D eigenvalue weighted by atomic mass is 127. The molecule has 1 fully saturated rings. The van der Waals surface area contributed by atoms with Crippen LogP contribution in [0.4, 0.5) is 14.6 Å². The Bertz CT molecular complexity index is 790. The molecule has 5 nitrogen and oxygen atoms in total. The molecule has 0 radical (unpaired) electrons. The van der Waals surface area contributed by atoms with Gasteiger partial charge in [-0.15, -0.1) is 24.0 Å². The maximum atomic E-state index is 13.7. The summed E-state index contributed by atoms with van der Waals surface area (Å²) in [4.78, 5) is 11.1. The van der Waals surface area contributed by atoms with E-state index >= 15 is 0 Å². The number of halogens is 3. The second-order valence-corrected chi connectivity index (χ2v) is 6.94. The first-order valence-corrected chi connectivity index (χ1v) is 9.74.